The number of fused-ring (bicyclic) bond motifs is 2. The van der Waals surface area contributed by atoms with E-state index in [1.807, 2.05) is 0 Å². The molecule has 0 spiro atoms. The van der Waals surface area contributed by atoms with E-state index in [4.69, 9.17) is 4.74 Å². The summed E-state index contributed by atoms with van der Waals surface area (Å²) in [6.45, 7) is 2.23. The van der Waals surface area contributed by atoms with Gasteiger partial charge in [0.25, 0.3) is 0 Å². The molecule has 0 saturated carbocycles. The summed E-state index contributed by atoms with van der Waals surface area (Å²) in [7, 11) is -2.81. The minimum absolute atomic E-state index is 0.278. The van der Waals surface area contributed by atoms with E-state index in [1.165, 1.54) is 12.7 Å². The van der Waals surface area contributed by atoms with Gasteiger partial charge in [-0.2, -0.15) is 0 Å². The molecule has 0 aromatic heterocycles. The monoisotopic (exact) mass is 205 g/mol. The molecule has 2 atom stereocenters. The van der Waals surface area contributed by atoms with Gasteiger partial charge in [-0.25, -0.2) is 8.42 Å². The normalized spacial score (nSPS) is 34.2. The summed E-state index contributed by atoms with van der Waals surface area (Å²) in [6, 6.07) is 0.973. The third kappa shape index (κ3) is 2.03. The van der Waals surface area contributed by atoms with Crippen LogP contribution in [0.3, 0.4) is 0 Å². The van der Waals surface area contributed by atoms with E-state index in [2.05, 4.69) is 4.90 Å². The Balaban J connectivity index is 1.83. The van der Waals surface area contributed by atoms with Crippen LogP contribution in [0.15, 0.2) is 0 Å². The SMILES string of the molecule is CS(=O)(=O)CCN1C2COCC1C2. The fourth-order valence-electron chi connectivity index (χ4n) is 2.05. The van der Waals surface area contributed by atoms with Gasteiger partial charge in [-0.15, -0.1) is 0 Å². The fraction of sp³-hybridized carbons (Fsp3) is 1.00. The molecule has 4 nitrogen and oxygen atoms in total. The van der Waals surface area contributed by atoms with E-state index < -0.39 is 9.84 Å². The van der Waals surface area contributed by atoms with Crippen LogP contribution in [0, 0.1) is 0 Å². The number of ether oxygens (including phenoxy) is 1. The predicted octanol–water partition coefficient (Wildman–Crippen LogP) is -0.496. The van der Waals surface area contributed by atoms with E-state index >= 15 is 0 Å². The van der Waals surface area contributed by atoms with Gasteiger partial charge in [-0.05, 0) is 6.42 Å². The van der Waals surface area contributed by atoms with Gasteiger partial charge in [-0.1, -0.05) is 0 Å². The molecule has 0 aromatic rings. The number of hydrogen-bond acceptors (Lipinski definition) is 4. The topological polar surface area (TPSA) is 46.6 Å². The highest BCUT2D eigenvalue weighted by atomic mass is 32.2. The third-order valence-corrected chi connectivity index (χ3v) is 3.75. The number of morpholine rings is 1. The molecule has 2 unspecified atom stereocenters. The Bertz CT molecular complexity index is 274. The smallest absolute Gasteiger partial charge is 0.148 e. The zero-order chi connectivity index (χ0) is 9.47. The predicted molar refractivity (Wildman–Crippen MR) is 49.4 cm³/mol. The van der Waals surface area contributed by atoms with E-state index in [-0.39, 0.29) is 5.75 Å². The average molecular weight is 205 g/mol. The van der Waals surface area contributed by atoms with Crippen LogP contribution in [0.5, 0.6) is 0 Å². The van der Waals surface area contributed by atoms with Crippen LogP contribution < -0.4 is 0 Å². The van der Waals surface area contributed by atoms with Gasteiger partial charge in [-0.3, -0.25) is 4.90 Å². The molecule has 2 bridgehead atoms. The second-order valence-electron chi connectivity index (χ2n) is 3.95. The van der Waals surface area contributed by atoms with Gasteiger partial charge in [0.05, 0.1) is 19.0 Å². The second kappa shape index (κ2) is 3.22. The van der Waals surface area contributed by atoms with Crippen molar-refractivity contribution in [2.45, 2.75) is 18.5 Å². The highest BCUT2D eigenvalue weighted by Gasteiger charge is 2.41. The van der Waals surface area contributed by atoms with Gasteiger partial charge in [0.2, 0.25) is 0 Å². The van der Waals surface area contributed by atoms with Gasteiger partial charge in [0, 0.05) is 24.9 Å². The van der Waals surface area contributed by atoms with Crippen LogP contribution in [0.1, 0.15) is 6.42 Å². The lowest BCUT2D eigenvalue weighted by atomic mass is 9.92. The maximum absolute atomic E-state index is 10.9. The van der Waals surface area contributed by atoms with Crippen molar-refractivity contribution in [2.24, 2.45) is 0 Å². The Labute approximate surface area is 78.8 Å². The average Bonchev–Trinajstić information content (AvgIpc) is 2.03. The Kier molecular flexibility index (Phi) is 2.33. The van der Waals surface area contributed by atoms with Crippen LogP contribution >= 0.6 is 0 Å². The zero-order valence-electron chi connectivity index (χ0n) is 7.77. The minimum atomic E-state index is -2.81. The first-order valence-electron chi connectivity index (χ1n) is 4.57. The Morgan fingerprint density at radius 1 is 1.38 bits per heavy atom. The molecule has 0 aromatic carbocycles. The van der Waals surface area contributed by atoms with Crippen molar-refractivity contribution in [1.29, 1.82) is 0 Å². The first kappa shape index (κ1) is 9.43. The lowest BCUT2D eigenvalue weighted by Crippen LogP contribution is -2.64. The molecule has 76 valence electrons. The van der Waals surface area contributed by atoms with E-state index in [0.29, 0.717) is 18.6 Å². The van der Waals surface area contributed by atoms with Crippen LogP contribution in [-0.4, -0.2) is 57.2 Å². The molecular weight excluding hydrogens is 190 g/mol. The number of nitrogens with zero attached hydrogens (tertiary/aromatic N) is 1. The van der Waals surface area contributed by atoms with E-state index in [0.717, 1.165) is 13.2 Å². The van der Waals surface area contributed by atoms with Crippen molar-refractivity contribution in [3.05, 3.63) is 0 Å². The van der Waals surface area contributed by atoms with Crippen LogP contribution in [0.4, 0.5) is 0 Å². The maximum Gasteiger partial charge on any atom is 0.148 e. The van der Waals surface area contributed by atoms with Gasteiger partial charge in [0.15, 0.2) is 0 Å². The first-order valence-corrected chi connectivity index (χ1v) is 6.63. The Morgan fingerprint density at radius 2 is 2.00 bits per heavy atom. The molecule has 3 saturated heterocycles. The fourth-order valence-corrected chi connectivity index (χ4v) is 2.59. The molecule has 3 aliphatic rings. The molecule has 3 aliphatic heterocycles. The molecule has 3 fully saturated rings. The standard InChI is InChI=1S/C8H15NO3S/c1-13(10,11)3-2-9-7-4-8(9)6-12-5-7/h7-8H,2-6H2,1H3. The molecular formula is C8H15NO3S. The quantitative estimate of drug-likeness (QED) is 0.623. The molecule has 0 N–H and O–H groups in total. The molecule has 3 rings (SSSR count). The second-order valence-corrected chi connectivity index (χ2v) is 6.21. The van der Waals surface area contributed by atoms with Crippen molar-refractivity contribution in [2.75, 3.05) is 31.8 Å². The van der Waals surface area contributed by atoms with Crippen LogP contribution in [-0.2, 0) is 14.6 Å². The molecule has 3 heterocycles. The summed E-state index contributed by atoms with van der Waals surface area (Å²) in [5, 5.41) is 0. The number of hydrogen-bond donors (Lipinski definition) is 0. The highest BCUT2D eigenvalue weighted by Crippen LogP contribution is 2.30. The zero-order valence-corrected chi connectivity index (χ0v) is 8.59. The van der Waals surface area contributed by atoms with Crippen molar-refractivity contribution < 1.29 is 13.2 Å². The minimum Gasteiger partial charge on any atom is -0.378 e. The number of sulfone groups is 1. The third-order valence-electron chi connectivity index (χ3n) is 2.82. The summed E-state index contributed by atoms with van der Waals surface area (Å²) >= 11 is 0. The highest BCUT2D eigenvalue weighted by molar-refractivity contribution is 7.90. The van der Waals surface area contributed by atoms with Gasteiger partial charge >= 0.3 is 0 Å². The van der Waals surface area contributed by atoms with Crippen molar-refractivity contribution >= 4 is 9.84 Å². The van der Waals surface area contributed by atoms with Gasteiger partial charge in [0.1, 0.15) is 9.84 Å². The van der Waals surface area contributed by atoms with E-state index in [9.17, 15) is 8.42 Å². The largest absolute Gasteiger partial charge is 0.378 e. The summed E-state index contributed by atoms with van der Waals surface area (Å²) < 4.78 is 27.2. The summed E-state index contributed by atoms with van der Waals surface area (Å²) in [6.07, 6.45) is 2.48. The Morgan fingerprint density at radius 3 is 2.46 bits per heavy atom. The van der Waals surface area contributed by atoms with Crippen LogP contribution in [0.25, 0.3) is 0 Å². The van der Waals surface area contributed by atoms with Crippen molar-refractivity contribution in [3.8, 4) is 0 Å². The molecule has 0 radical (unpaired) electrons. The van der Waals surface area contributed by atoms with Crippen molar-refractivity contribution in [3.63, 3.8) is 0 Å². The lowest BCUT2D eigenvalue weighted by molar-refractivity contribution is -0.123. The van der Waals surface area contributed by atoms with Crippen molar-refractivity contribution in [1.82, 2.24) is 4.90 Å². The summed E-state index contributed by atoms with van der Waals surface area (Å²) in [4.78, 5) is 2.25. The maximum atomic E-state index is 10.9. The van der Waals surface area contributed by atoms with Gasteiger partial charge < -0.3 is 4.74 Å². The summed E-state index contributed by atoms with van der Waals surface area (Å²) in [5.74, 6) is 0.278. The van der Waals surface area contributed by atoms with Crippen LogP contribution in [0.2, 0.25) is 0 Å². The molecule has 13 heavy (non-hydrogen) atoms. The summed E-state index contributed by atoms with van der Waals surface area (Å²) in [5.41, 5.74) is 0. The number of rotatable bonds is 3. The molecule has 0 amide bonds. The van der Waals surface area contributed by atoms with E-state index in [1.54, 1.807) is 0 Å². The molecule has 0 aliphatic carbocycles. The first-order chi connectivity index (χ1) is 6.06. The molecule has 5 heteroatoms. The Hall–Kier alpha value is -0.130. The lowest BCUT2D eigenvalue weighted by Gasteiger charge is -2.52.